The molecule has 42 heavy (non-hydrogen) atoms. The van der Waals surface area contributed by atoms with E-state index in [-0.39, 0.29) is 13.0 Å². The number of ether oxygens (including phenoxy) is 1. The van der Waals surface area contributed by atoms with Crippen LogP contribution in [0.4, 0.5) is 10.5 Å². The number of carbonyl (C=O) groups is 3. The minimum atomic E-state index is -1.14. The number of nitrogens with zero attached hydrogens (tertiary/aromatic N) is 1. The highest BCUT2D eigenvalue weighted by molar-refractivity contribution is 6.34. The Hall–Kier alpha value is -3.88. The Bertz CT molecular complexity index is 1360. The van der Waals surface area contributed by atoms with Crippen LogP contribution in [0.3, 0.4) is 0 Å². The Kier molecular flexibility index (Phi) is 11.1. The molecule has 0 spiro atoms. The highest BCUT2D eigenvalue weighted by Gasteiger charge is 2.36. The topological polar surface area (TPSA) is 108 Å². The normalized spacial score (nSPS) is 12.7. The van der Waals surface area contributed by atoms with Crippen molar-refractivity contribution in [3.63, 3.8) is 0 Å². The zero-order valence-corrected chi connectivity index (χ0v) is 25.8. The van der Waals surface area contributed by atoms with Crippen LogP contribution in [-0.2, 0) is 20.7 Å². The monoisotopic (exact) mass is 593 g/mol. The predicted molar refractivity (Wildman–Crippen MR) is 166 cm³/mol. The third-order valence-corrected chi connectivity index (χ3v) is 6.80. The first-order valence-electron chi connectivity index (χ1n) is 13.9. The number of aliphatic hydroxyl groups is 1. The van der Waals surface area contributed by atoms with Crippen molar-refractivity contribution in [2.45, 2.75) is 65.6 Å². The number of hydrogen-bond acceptors (Lipinski definition) is 5. The number of aryl methyl sites for hydroxylation is 3. The Balaban J connectivity index is 2.09. The van der Waals surface area contributed by atoms with E-state index in [0.29, 0.717) is 16.3 Å². The number of alkyl carbamates (subject to hydrolysis) is 1. The number of para-hydroxylation sites is 1. The molecule has 0 aliphatic heterocycles. The third kappa shape index (κ3) is 9.06. The quantitative estimate of drug-likeness (QED) is 0.271. The van der Waals surface area contributed by atoms with Crippen LogP contribution in [0.25, 0.3) is 0 Å². The first-order valence-corrected chi connectivity index (χ1v) is 14.3. The molecule has 3 amide bonds. The van der Waals surface area contributed by atoms with Gasteiger partial charge in [0.1, 0.15) is 17.7 Å². The lowest BCUT2D eigenvalue weighted by molar-refractivity contribution is -0.141. The number of nitrogens with one attached hydrogen (secondary N) is 2. The molecule has 0 aliphatic carbocycles. The SMILES string of the molecule is Cc1cc(C)cc(C(C(=O)Nc2c(C)cccc2Cl)N(CCO)C(=O)C(Cc2ccccc2)NC(=O)OC(C)(C)C)c1. The summed E-state index contributed by atoms with van der Waals surface area (Å²) in [5, 5.41) is 16.1. The minimum absolute atomic E-state index is 0.144. The molecule has 0 fully saturated rings. The number of benzene rings is 3. The van der Waals surface area contributed by atoms with Crippen molar-refractivity contribution in [1.29, 1.82) is 0 Å². The van der Waals surface area contributed by atoms with Gasteiger partial charge in [-0.1, -0.05) is 83.4 Å². The maximum absolute atomic E-state index is 14.4. The van der Waals surface area contributed by atoms with Gasteiger partial charge in [0.25, 0.3) is 5.91 Å². The van der Waals surface area contributed by atoms with E-state index >= 15 is 0 Å². The van der Waals surface area contributed by atoms with Gasteiger partial charge in [-0.25, -0.2) is 4.79 Å². The molecule has 2 atom stereocenters. The van der Waals surface area contributed by atoms with E-state index in [2.05, 4.69) is 10.6 Å². The van der Waals surface area contributed by atoms with Crippen LogP contribution in [-0.4, -0.2) is 52.7 Å². The smallest absolute Gasteiger partial charge is 0.408 e. The average Bonchev–Trinajstić information content (AvgIpc) is 2.89. The Labute approximate surface area is 253 Å². The van der Waals surface area contributed by atoms with E-state index in [9.17, 15) is 19.5 Å². The lowest BCUT2D eigenvalue weighted by atomic mass is 9.97. The molecular formula is C33H40ClN3O5. The van der Waals surface area contributed by atoms with Gasteiger partial charge in [-0.2, -0.15) is 0 Å². The van der Waals surface area contributed by atoms with Crippen LogP contribution in [0.1, 0.15) is 54.6 Å². The maximum atomic E-state index is 14.4. The largest absolute Gasteiger partial charge is 0.444 e. The lowest BCUT2D eigenvalue weighted by Gasteiger charge is -2.34. The Morgan fingerprint density at radius 1 is 0.952 bits per heavy atom. The maximum Gasteiger partial charge on any atom is 0.408 e. The first kappa shape index (κ1) is 32.6. The lowest BCUT2D eigenvalue weighted by Crippen LogP contribution is -2.54. The van der Waals surface area contributed by atoms with E-state index in [1.54, 1.807) is 32.9 Å². The summed E-state index contributed by atoms with van der Waals surface area (Å²) in [7, 11) is 0. The molecular weight excluding hydrogens is 554 g/mol. The number of aliphatic hydroxyl groups excluding tert-OH is 1. The van der Waals surface area contributed by atoms with Gasteiger partial charge in [-0.15, -0.1) is 0 Å². The molecule has 8 nitrogen and oxygen atoms in total. The van der Waals surface area contributed by atoms with E-state index in [1.165, 1.54) is 4.90 Å². The standard InChI is InChI=1S/C33H40ClN3O5/c1-21-17-22(2)19-25(18-21)29(30(39)36-28-23(3)11-10-14-26(28)34)37(15-16-38)31(40)27(20-24-12-8-7-9-13-24)35-32(41)42-33(4,5)6/h7-14,17-19,27,29,38H,15-16,20H2,1-6H3,(H,35,41)(H,36,39). The molecule has 0 saturated carbocycles. The van der Waals surface area contributed by atoms with E-state index in [4.69, 9.17) is 16.3 Å². The van der Waals surface area contributed by atoms with E-state index in [0.717, 1.165) is 22.3 Å². The molecule has 0 heterocycles. The van der Waals surface area contributed by atoms with Gasteiger partial charge in [0.2, 0.25) is 5.91 Å². The number of hydrogen-bond donors (Lipinski definition) is 3. The Morgan fingerprint density at radius 3 is 2.17 bits per heavy atom. The number of halogens is 1. The summed E-state index contributed by atoms with van der Waals surface area (Å²) < 4.78 is 5.46. The molecule has 9 heteroatoms. The molecule has 0 aliphatic rings. The van der Waals surface area contributed by atoms with Crippen molar-refractivity contribution in [1.82, 2.24) is 10.2 Å². The molecule has 3 rings (SSSR count). The fourth-order valence-electron chi connectivity index (χ4n) is 4.80. The highest BCUT2D eigenvalue weighted by Crippen LogP contribution is 2.30. The zero-order chi connectivity index (χ0) is 31.0. The predicted octanol–water partition coefficient (Wildman–Crippen LogP) is 5.90. The second-order valence-corrected chi connectivity index (χ2v) is 11.8. The van der Waals surface area contributed by atoms with Crippen molar-refractivity contribution in [3.05, 3.63) is 99.6 Å². The molecule has 3 aromatic carbocycles. The fourth-order valence-corrected chi connectivity index (χ4v) is 5.07. The van der Waals surface area contributed by atoms with Crippen LogP contribution in [0.15, 0.2) is 66.7 Å². The summed E-state index contributed by atoms with van der Waals surface area (Å²) in [6, 6.07) is 17.9. The van der Waals surface area contributed by atoms with Crippen molar-refractivity contribution >= 4 is 35.2 Å². The van der Waals surface area contributed by atoms with Gasteiger partial charge in [-0.3, -0.25) is 9.59 Å². The number of amides is 3. The zero-order valence-electron chi connectivity index (χ0n) is 25.0. The summed E-state index contributed by atoms with van der Waals surface area (Å²) in [6.45, 7) is 10.3. The number of carbonyl (C=O) groups excluding carboxylic acids is 3. The average molecular weight is 594 g/mol. The van der Waals surface area contributed by atoms with Crippen LogP contribution in [0.2, 0.25) is 5.02 Å². The van der Waals surface area contributed by atoms with Gasteiger partial charge in [0.15, 0.2) is 0 Å². The fraction of sp³-hybridized carbons (Fsp3) is 0.364. The van der Waals surface area contributed by atoms with Crippen LogP contribution in [0, 0.1) is 20.8 Å². The van der Waals surface area contributed by atoms with Gasteiger partial charge in [0.05, 0.1) is 17.3 Å². The molecule has 0 radical (unpaired) electrons. The van der Waals surface area contributed by atoms with Crippen LogP contribution < -0.4 is 10.6 Å². The summed E-state index contributed by atoms with van der Waals surface area (Å²) in [4.78, 5) is 42.6. The summed E-state index contributed by atoms with van der Waals surface area (Å²) >= 11 is 6.43. The van der Waals surface area contributed by atoms with Gasteiger partial charge in [-0.05, 0) is 64.3 Å². The molecule has 224 valence electrons. The second-order valence-electron chi connectivity index (χ2n) is 11.4. The van der Waals surface area contributed by atoms with Crippen molar-refractivity contribution in [3.8, 4) is 0 Å². The molecule has 3 aromatic rings. The second kappa shape index (κ2) is 14.3. The highest BCUT2D eigenvalue weighted by atomic mass is 35.5. The van der Waals surface area contributed by atoms with E-state index in [1.807, 2.05) is 75.4 Å². The van der Waals surface area contributed by atoms with Crippen molar-refractivity contribution < 1.29 is 24.2 Å². The molecule has 3 N–H and O–H groups in total. The van der Waals surface area contributed by atoms with Gasteiger partial charge >= 0.3 is 6.09 Å². The van der Waals surface area contributed by atoms with Gasteiger partial charge < -0.3 is 25.4 Å². The Morgan fingerprint density at radius 2 is 1.60 bits per heavy atom. The third-order valence-electron chi connectivity index (χ3n) is 6.49. The molecule has 0 aromatic heterocycles. The van der Waals surface area contributed by atoms with Crippen LogP contribution >= 0.6 is 11.6 Å². The first-order chi connectivity index (χ1) is 19.8. The van der Waals surface area contributed by atoms with Crippen LogP contribution in [0.5, 0.6) is 0 Å². The van der Waals surface area contributed by atoms with E-state index < -0.39 is 42.2 Å². The number of anilines is 1. The molecule has 0 saturated heterocycles. The summed E-state index contributed by atoms with van der Waals surface area (Å²) in [5.41, 5.74) is 3.57. The minimum Gasteiger partial charge on any atom is -0.444 e. The van der Waals surface area contributed by atoms with Crippen molar-refractivity contribution in [2.24, 2.45) is 0 Å². The van der Waals surface area contributed by atoms with Gasteiger partial charge in [0, 0.05) is 13.0 Å². The number of rotatable bonds is 10. The van der Waals surface area contributed by atoms with Crippen molar-refractivity contribution in [2.75, 3.05) is 18.5 Å². The molecule has 0 bridgehead atoms. The summed E-state index contributed by atoms with van der Waals surface area (Å²) in [6.07, 6.45) is -0.620. The summed E-state index contributed by atoms with van der Waals surface area (Å²) in [5.74, 6) is -1.05. The molecule has 2 unspecified atom stereocenters.